The molecule has 0 amide bonds. The Morgan fingerprint density at radius 1 is 1.18 bits per heavy atom. The van der Waals surface area contributed by atoms with Crippen LogP contribution < -0.4 is 5.73 Å². The zero-order chi connectivity index (χ0) is 23.5. The number of nitrogen functional groups attached to an aromatic ring is 1. The summed E-state index contributed by atoms with van der Waals surface area (Å²) in [6, 6.07) is 20.7. The molecule has 2 aromatic heterocycles. The number of allylic oxidation sites excluding steroid dienone is 1. The average Bonchev–Trinajstić information content (AvgIpc) is 3.41. The number of halogens is 1. The lowest BCUT2D eigenvalue weighted by atomic mass is 10.1. The normalized spacial score (nSPS) is 11.1. The molecule has 0 aliphatic rings. The molecular formula is C23H13BrN6O3. The maximum atomic E-state index is 10.9. The maximum absolute atomic E-state index is 10.9. The van der Waals surface area contributed by atoms with E-state index in [2.05, 4.69) is 21.0 Å². The van der Waals surface area contributed by atoms with Crippen LogP contribution in [0.5, 0.6) is 0 Å². The molecule has 10 heteroatoms. The molecule has 2 N–H and O–H groups in total. The van der Waals surface area contributed by atoms with Gasteiger partial charge in [0.05, 0.1) is 16.2 Å². The Morgan fingerprint density at radius 2 is 1.94 bits per heavy atom. The summed E-state index contributed by atoms with van der Waals surface area (Å²) >= 11 is 3.32. The fourth-order valence-corrected chi connectivity index (χ4v) is 3.75. The van der Waals surface area contributed by atoms with Crippen molar-refractivity contribution in [3.63, 3.8) is 0 Å². The highest BCUT2D eigenvalue weighted by molar-refractivity contribution is 9.10. The number of para-hydroxylation sites is 1. The van der Waals surface area contributed by atoms with Gasteiger partial charge in [-0.25, -0.2) is 4.68 Å². The highest BCUT2D eigenvalue weighted by Crippen LogP contribution is 2.34. The van der Waals surface area contributed by atoms with Crippen LogP contribution in [0.4, 0.5) is 11.5 Å². The molecule has 4 aromatic rings. The molecule has 2 aromatic carbocycles. The van der Waals surface area contributed by atoms with E-state index in [0.717, 1.165) is 0 Å². The van der Waals surface area contributed by atoms with Crippen molar-refractivity contribution in [2.45, 2.75) is 0 Å². The van der Waals surface area contributed by atoms with E-state index in [-0.39, 0.29) is 28.3 Å². The van der Waals surface area contributed by atoms with Gasteiger partial charge in [0, 0.05) is 28.2 Å². The highest BCUT2D eigenvalue weighted by atomic mass is 79.9. The molecule has 2 heterocycles. The molecule has 0 atom stereocenters. The van der Waals surface area contributed by atoms with Gasteiger partial charge in [0.15, 0.2) is 0 Å². The van der Waals surface area contributed by atoms with Crippen molar-refractivity contribution in [3.8, 4) is 29.1 Å². The third kappa shape index (κ3) is 4.11. The lowest BCUT2D eigenvalue weighted by Crippen LogP contribution is -2.02. The van der Waals surface area contributed by atoms with Gasteiger partial charge in [-0.15, -0.1) is 0 Å². The molecule has 0 saturated carbocycles. The molecule has 0 fully saturated rings. The van der Waals surface area contributed by atoms with Crippen molar-refractivity contribution >= 4 is 39.1 Å². The van der Waals surface area contributed by atoms with Crippen molar-refractivity contribution < 1.29 is 9.34 Å². The number of non-ortho nitro benzene ring substituents is 1. The number of rotatable bonds is 5. The van der Waals surface area contributed by atoms with Gasteiger partial charge in [-0.05, 0) is 46.3 Å². The van der Waals surface area contributed by atoms with E-state index < -0.39 is 4.92 Å². The fraction of sp³-hybridized carbons (Fsp3) is 0. The number of anilines is 1. The van der Waals surface area contributed by atoms with Gasteiger partial charge < -0.3 is 10.2 Å². The highest BCUT2D eigenvalue weighted by Gasteiger charge is 2.20. The number of aromatic nitrogens is 2. The van der Waals surface area contributed by atoms with Crippen LogP contribution in [0.2, 0.25) is 0 Å². The van der Waals surface area contributed by atoms with Crippen LogP contribution in [-0.2, 0) is 0 Å². The minimum Gasteiger partial charge on any atom is -0.457 e. The number of benzene rings is 2. The summed E-state index contributed by atoms with van der Waals surface area (Å²) in [5.74, 6) is 0.897. The number of hydrogen-bond acceptors (Lipinski definition) is 7. The third-order valence-corrected chi connectivity index (χ3v) is 5.41. The zero-order valence-corrected chi connectivity index (χ0v) is 18.4. The summed E-state index contributed by atoms with van der Waals surface area (Å²) in [5.41, 5.74) is 7.64. The molecule has 4 rings (SSSR count). The Kier molecular flexibility index (Phi) is 5.77. The number of hydrogen-bond donors (Lipinski definition) is 1. The minimum atomic E-state index is -0.489. The molecule has 0 aliphatic carbocycles. The van der Waals surface area contributed by atoms with Gasteiger partial charge >= 0.3 is 0 Å². The predicted octanol–water partition coefficient (Wildman–Crippen LogP) is 5.32. The van der Waals surface area contributed by atoms with Crippen molar-refractivity contribution in [2.24, 2.45) is 0 Å². The lowest BCUT2D eigenvalue weighted by molar-refractivity contribution is -0.384. The Balaban J connectivity index is 1.74. The monoisotopic (exact) mass is 500 g/mol. The molecule has 160 valence electrons. The van der Waals surface area contributed by atoms with Crippen LogP contribution in [0, 0.1) is 32.8 Å². The SMILES string of the molecule is N#CC(=Cc1ccc(-c2ccc([N+](=O)[O-])cc2Br)o1)c1nn(-c2ccccc2)c(N)c1C#N. The number of nitrogens with two attached hydrogens (primary N) is 1. The van der Waals surface area contributed by atoms with Gasteiger partial charge in [0.25, 0.3) is 5.69 Å². The van der Waals surface area contributed by atoms with Crippen LogP contribution >= 0.6 is 15.9 Å². The van der Waals surface area contributed by atoms with Crippen LogP contribution in [-0.4, -0.2) is 14.7 Å². The van der Waals surface area contributed by atoms with Crippen molar-refractivity contribution in [3.05, 3.63) is 92.3 Å². The predicted molar refractivity (Wildman–Crippen MR) is 125 cm³/mol. The molecule has 0 radical (unpaired) electrons. The Bertz CT molecular complexity index is 1490. The van der Waals surface area contributed by atoms with Crippen LogP contribution in [0.3, 0.4) is 0 Å². The summed E-state index contributed by atoms with van der Waals surface area (Å²) in [6.45, 7) is 0. The first kappa shape index (κ1) is 21.6. The standard InChI is InChI=1S/C23H13BrN6O3/c24-20-11-16(30(31)32)6-8-18(20)21-9-7-17(33-21)10-14(12-25)22-19(13-26)23(27)29(28-22)15-4-2-1-3-5-15/h1-11H,27H2. The second-order valence-electron chi connectivity index (χ2n) is 6.76. The number of nitrogens with zero attached hydrogens (tertiary/aromatic N) is 5. The summed E-state index contributed by atoms with van der Waals surface area (Å²) in [4.78, 5) is 10.5. The largest absolute Gasteiger partial charge is 0.457 e. The number of furan rings is 1. The Labute approximate surface area is 195 Å². The van der Waals surface area contributed by atoms with E-state index in [1.807, 2.05) is 30.3 Å². The van der Waals surface area contributed by atoms with Gasteiger partial charge in [-0.1, -0.05) is 18.2 Å². The Hall–Kier alpha value is -4.67. The molecule has 9 nitrogen and oxygen atoms in total. The molecule has 0 saturated heterocycles. The van der Waals surface area contributed by atoms with Gasteiger partial charge in [-0.3, -0.25) is 10.1 Å². The third-order valence-electron chi connectivity index (χ3n) is 4.75. The Morgan fingerprint density at radius 3 is 2.58 bits per heavy atom. The maximum Gasteiger partial charge on any atom is 0.270 e. The van der Waals surface area contributed by atoms with Crippen LogP contribution in [0.15, 0.2) is 69.6 Å². The fourth-order valence-electron chi connectivity index (χ4n) is 3.18. The van der Waals surface area contributed by atoms with E-state index in [1.54, 1.807) is 30.3 Å². The first-order chi connectivity index (χ1) is 15.9. The molecule has 0 unspecified atom stereocenters. The topological polar surface area (TPSA) is 148 Å². The lowest BCUT2D eigenvalue weighted by Gasteiger charge is -2.02. The van der Waals surface area contributed by atoms with Gasteiger partial charge in [-0.2, -0.15) is 15.6 Å². The quantitative estimate of drug-likeness (QED) is 0.221. The smallest absolute Gasteiger partial charge is 0.270 e. The zero-order valence-electron chi connectivity index (χ0n) is 16.8. The van der Waals surface area contributed by atoms with Crippen molar-refractivity contribution in [1.82, 2.24) is 9.78 Å². The van der Waals surface area contributed by atoms with Crippen LogP contribution in [0.1, 0.15) is 17.0 Å². The molecule has 33 heavy (non-hydrogen) atoms. The summed E-state index contributed by atoms with van der Waals surface area (Å²) < 4.78 is 7.72. The number of nitro groups is 1. The van der Waals surface area contributed by atoms with E-state index in [0.29, 0.717) is 27.2 Å². The van der Waals surface area contributed by atoms with E-state index in [1.165, 1.54) is 22.9 Å². The number of nitro benzene ring substituents is 1. The minimum absolute atomic E-state index is 0.0558. The van der Waals surface area contributed by atoms with Gasteiger partial charge in [0.1, 0.15) is 40.7 Å². The van der Waals surface area contributed by atoms with Gasteiger partial charge in [0.2, 0.25) is 0 Å². The van der Waals surface area contributed by atoms with E-state index >= 15 is 0 Å². The summed E-state index contributed by atoms with van der Waals surface area (Å²) in [6.07, 6.45) is 1.46. The summed E-state index contributed by atoms with van der Waals surface area (Å²) in [7, 11) is 0. The molecule has 0 bridgehead atoms. The van der Waals surface area contributed by atoms with E-state index in [9.17, 15) is 20.6 Å². The van der Waals surface area contributed by atoms with Crippen LogP contribution in [0.25, 0.3) is 28.7 Å². The first-order valence-electron chi connectivity index (χ1n) is 9.43. The molecular weight excluding hydrogens is 488 g/mol. The second-order valence-corrected chi connectivity index (χ2v) is 7.62. The summed E-state index contributed by atoms with van der Waals surface area (Å²) in [5, 5.41) is 34.7. The molecule has 0 aliphatic heterocycles. The van der Waals surface area contributed by atoms with Crippen molar-refractivity contribution in [1.29, 1.82) is 10.5 Å². The molecule has 0 spiro atoms. The second kappa shape index (κ2) is 8.83. The average molecular weight is 501 g/mol. The number of nitriles is 2. The van der Waals surface area contributed by atoms with Crippen molar-refractivity contribution in [2.75, 3.05) is 5.73 Å². The first-order valence-corrected chi connectivity index (χ1v) is 10.2. The van der Waals surface area contributed by atoms with E-state index in [4.69, 9.17) is 10.2 Å².